The van der Waals surface area contributed by atoms with E-state index in [4.69, 9.17) is 9.47 Å². The Morgan fingerprint density at radius 1 is 1.00 bits per heavy atom. The second-order valence-electron chi connectivity index (χ2n) is 8.42. The summed E-state index contributed by atoms with van der Waals surface area (Å²) in [6.45, 7) is 2.45. The number of anilines is 1. The predicted molar refractivity (Wildman–Crippen MR) is 130 cm³/mol. The Hall–Kier alpha value is -3.94. The molecule has 0 aromatic heterocycles. The smallest absolute Gasteiger partial charge is 0.338 e. The Labute approximate surface area is 203 Å². The van der Waals surface area contributed by atoms with Crippen LogP contribution in [0.5, 0.6) is 5.75 Å². The third-order valence-electron chi connectivity index (χ3n) is 6.02. The molecule has 1 aliphatic carbocycles. The molecule has 0 unspecified atom stereocenters. The molecule has 0 fully saturated rings. The van der Waals surface area contributed by atoms with Crippen molar-refractivity contribution in [3.8, 4) is 5.75 Å². The van der Waals surface area contributed by atoms with Crippen LogP contribution < -0.4 is 15.0 Å². The molecule has 0 spiro atoms. The highest BCUT2D eigenvalue weighted by atomic mass is 16.5. The number of amides is 3. The molecular formula is C27H28N2O6. The number of carbonyl (C=O) groups is 4. The van der Waals surface area contributed by atoms with Gasteiger partial charge in [-0.05, 0) is 81.5 Å². The molecule has 2 aromatic rings. The number of allylic oxidation sites excluding steroid dienone is 1. The van der Waals surface area contributed by atoms with E-state index in [-0.39, 0.29) is 22.6 Å². The number of hydrogen-bond donors (Lipinski definition) is 1. The molecule has 4 rings (SSSR count). The second-order valence-corrected chi connectivity index (χ2v) is 8.42. The van der Waals surface area contributed by atoms with E-state index < -0.39 is 24.4 Å². The van der Waals surface area contributed by atoms with E-state index in [2.05, 4.69) is 11.4 Å². The summed E-state index contributed by atoms with van der Waals surface area (Å²) in [4.78, 5) is 51.4. The first-order valence-electron chi connectivity index (χ1n) is 11.9. The molecule has 182 valence electrons. The molecule has 0 bridgehead atoms. The Morgan fingerprint density at radius 2 is 1.77 bits per heavy atom. The molecule has 0 saturated carbocycles. The molecule has 2 aromatic carbocycles. The monoisotopic (exact) mass is 476 g/mol. The van der Waals surface area contributed by atoms with Gasteiger partial charge in [0.15, 0.2) is 6.61 Å². The fourth-order valence-corrected chi connectivity index (χ4v) is 4.22. The van der Waals surface area contributed by atoms with Crippen LogP contribution in [0.1, 0.15) is 70.1 Å². The summed E-state index contributed by atoms with van der Waals surface area (Å²) in [5.41, 5.74) is 2.17. The van der Waals surface area contributed by atoms with Crippen molar-refractivity contribution >= 4 is 29.4 Å². The minimum absolute atomic E-state index is 0.0959. The van der Waals surface area contributed by atoms with Gasteiger partial charge in [-0.3, -0.25) is 14.4 Å². The van der Waals surface area contributed by atoms with Gasteiger partial charge in [-0.15, -0.1) is 0 Å². The van der Waals surface area contributed by atoms with E-state index >= 15 is 0 Å². The third kappa shape index (κ3) is 5.59. The van der Waals surface area contributed by atoms with E-state index in [9.17, 15) is 19.2 Å². The van der Waals surface area contributed by atoms with Crippen LogP contribution in [0.15, 0.2) is 54.1 Å². The quantitative estimate of drug-likeness (QED) is 0.333. The van der Waals surface area contributed by atoms with Gasteiger partial charge in [0.05, 0.1) is 29.0 Å². The molecule has 35 heavy (non-hydrogen) atoms. The number of rotatable bonds is 9. The highest BCUT2D eigenvalue weighted by molar-refractivity contribution is 6.34. The number of imide groups is 1. The summed E-state index contributed by atoms with van der Waals surface area (Å²) in [5.74, 6) is -1.49. The SMILES string of the molecule is CCOc1ccc(N2C(=O)c3ccc(C(=O)OCC(=O)NCCC4=CCCCC4)cc3C2=O)cc1. The molecule has 2 aliphatic rings. The van der Waals surface area contributed by atoms with E-state index in [1.165, 1.54) is 36.6 Å². The maximum Gasteiger partial charge on any atom is 0.338 e. The van der Waals surface area contributed by atoms with Crippen LogP contribution in [0, 0.1) is 0 Å². The Bertz CT molecular complexity index is 1170. The number of nitrogens with zero attached hydrogens (tertiary/aromatic N) is 1. The average Bonchev–Trinajstić information content (AvgIpc) is 3.13. The highest BCUT2D eigenvalue weighted by Crippen LogP contribution is 2.30. The Balaban J connectivity index is 1.34. The number of benzene rings is 2. The van der Waals surface area contributed by atoms with E-state index in [0.29, 0.717) is 24.6 Å². The van der Waals surface area contributed by atoms with Gasteiger partial charge < -0.3 is 14.8 Å². The van der Waals surface area contributed by atoms with Crippen molar-refractivity contribution in [3.63, 3.8) is 0 Å². The standard InChI is InChI=1S/C27H28N2O6/c1-2-34-21-11-9-20(10-12-21)29-25(31)22-13-8-19(16-23(22)26(29)32)27(33)35-17-24(30)28-15-14-18-6-4-3-5-7-18/h6,8-13,16H,2-5,7,14-15,17H2,1H3,(H,28,30). The molecule has 1 aliphatic heterocycles. The number of ether oxygens (including phenoxy) is 2. The van der Waals surface area contributed by atoms with Crippen LogP contribution >= 0.6 is 0 Å². The van der Waals surface area contributed by atoms with Crippen molar-refractivity contribution in [3.05, 3.63) is 70.8 Å². The number of hydrogen-bond acceptors (Lipinski definition) is 6. The van der Waals surface area contributed by atoms with Gasteiger partial charge in [0.1, 0.15) is 5.75 Å². The van der Waals surface area contributed by atoms with E-state index in [1.54, 1.807) is 24.3 Å². The second kappa shape index (κ2) is 11.0. The van der Waals surface area contributed by atoms with Gasteiger partial charge in [0, 0.05) is 6.54 Å². The fraction of sp³-hybridized carbons (Fsp3) is 0.333. The molecule has 1 N–H and O–H groups in total. The van der Waals surface area contributed by atoms with Crippen molar-refractivity contribution in [1.82, 2.24) is 5.32 Å². The Kier molecular flexibility index (Phi) is 7.60. The molecule has 0 radical (unpaired) electrons. The lowest BCUT2D eigenvalue weighted by Crippen LogP contribution is -2.30. The zero-order valence-corrected chi connectivity index (χ0v) is 19.7. The number of fused-ring (bicyclic) bond motifs is 1. The zero-order valence-electron chi connectivity index (χ0n) is 19.7. The highest BCUT2D eigenvalue weighted by Gasteiger charge is 2.37. The van der Waals surface area contributed by atoms with Crippen LogP contribution in [0.2, 0.25) is 0 Å². The normalized spacial score (nSPS) is 14.9. The van der Waals surface area contributed by atoms with Crippen molar-refractivity contribution in [1.29, 1.82) is 0 Å². The number of esters is 1. The maximum atomic E-state index is 13.0. The van der Waals surface area contributed by atoms with Crippen LogP contribution in [0.25, 0.3) is 0 Å². The van der Waals surface area contributed by atoms with Gasteiger partial charge in [-0.2, -0.15) is 0 Å². The van der Waals surface area contributed by atoms with Crippen molar-refractivity contribution in [2.45, 2.75) is 39.0 Å². The summed E-state index contributed by atoms with van der Waals surface area (Å²) < 4.78 is 10.5. The summed E-state index contributed by atoms with van der Waals surface area (Å²) in [5, 5.41) is 2.76. The van der Waals surface area contributed by atoms with Gasteiger partial charge in [0.2, 0.25) is 0 Å². The average molecular weight is 477 g/mol. The predicted octanol–water partition coefficient (Wildman–Crippen LogP) is 4.05. The van der Waals surface area contributed by atoms with Crippen molar-refractivity contribution in [2.75, 3.05) is 24.7 Å². The lowest BCUT2D eigenvalue weighted by Gasteiger charge is -2.14. The summed E-state index contributed by atoms with van der Waals surface area (Å²) in [7, 11) is 0. The van der Waals surface area contributed by atoms with Gasteiger partial charge in [-0.25, -0.2) is 9.69 Å². The fourth-order valence-electron chi connectivity index (χ4n) is 4.22. The molecular weight excluding hydrogens is 448 g/mol. The van der Waals surface area contributed by atoms with Crippen LogP contribution in [-0.4, -0.2) is 43.4 Å². The van der Waals surface area contributed by atoms with Gasteiger partial charge >= 0.3 is 5.97 Å². The molecule has 0 atom stereocenters. The number of carbonyl (C=O) groups excluding carboxylic acids is 4. The Morgan fingerprint density at radius 3 is 2.49 bits per heavy atom. The van der Waals surface area contributed by atoms with Crippen LogP contribution in [0.4, 0.5) is 5.69 Å². The van der Waals surface area contributed by atoms with E-state index in [0.717, 1.165) is 24.2 Å². The summed E-state index contributed by atoms with van der Waals surface area (Å²) >= 11 is 0. The maximum absolute atomic E-state index is 13.0. The first-order chi connectivity index (χ1) is 17.0. The van der Waals surface area contributed by atoms with E-state index in [1.807, 2.05) is 6.92 Å². The third-order valence-corrected chi connectivity index (χ3v) is 6.02. The lowest BCUT2D eigenvalue weighted by atomic mass is 9.97. The topological polar surface area (TPSA) is 102 Å². The molecule has 8 heteroatoms. The zero-order chi connectivity index (χ0) is 24.8. The minimum atomic E-state index is -0.738. The van der Waals surface area contributed by atoms with Crippen LogP contribution in [-0.2, 0) is 9.53 Å². The minimum Gasteiger partial charge on any atom is -0.494 e. The van der Waals surface area contributed by atoms with Crippen LogP contribution in [0.3, 0.4) is 0 Å². The molecule has 3 amide bonds. The van der Waals surface area contributed by atoms with Crippen molar-refractivity contribution < 1.29 is 28.7 Å². The first kappa shape index (κ1) is 24.2. The van der Waals surface area contributed by atoms with Crippen molar-refractivity contribution in [2.24, 2.45) is 0 Å². The molecule has 1 heterocycles. The molecule has 8 nitrogen and oxygen atoms in total. The largest absolute Gasteiger partial charge is 0.494 e. The van der Waals surface area contributed by atoms with Gasteiger partial charge in [0.25, 0.3) is 17.7 Å². The summed E-state index contributed by atoms with van der Waals surface area (Å²) in [6.07, 6.45) is 7.59. The number of nitrogens with one attached hydrogen (secondary N) is 1. The van der Waals surface area contributed by atoms with Gasteiger partial charge in [-0.1, -0.05) is 11.6 Å². The molecule has 0 saturated heterocycles. The lowest BCUT2D eigenvalue weighted by molar-refractivity contribution is -0.124. The summed E-state index contributed by atoms with van der Waals surface area (Å²) in [6, 6.07) is 10.8. The first-order valence-corrected chi connectivity index (χ1v) is 11.9.